The highest BCUT2D eigenvalue weighted by Gasteiger charge is 2.54. The van der Waals surface area contributed by atoms with Crippen molar-refractivity contribution in [3.63, 3.8) is 0 Å². The van der Waals surface area contributed by atoms with Gasteiger partial charge >= 0.3 is 0 Å². The van der Waals surface area contributed by atoms with Crippen molar-refractivity contribution in [2.24, 2.45) is 0 Å². The standard InChI is InChI=1S/C72H68N4OSi4/c1-78(2)53-36-51(37-54(41-53)79(3,4)5)75(49-22-18-34-73-44-49)48-30-31-59-63(40-48)72(61-32-28-46-20-12-14-24-57(46)67(61)68-58-25-15-13-21-47(58)29-33-62(68)72)64-43-65(70-60-26-16-17-27-66(60)77-71(70)69(59)64)76(50-23-19-35-74-45-50)52-38-55(80(6,7)8)42-56(39-52)81(9,10)11/h12-45,78H,1-11H3. The second kappa shape index (κ2) is 18.6. The van der Waals surface area contributed by atoms with Crippen LogP contribution in [0.15, 0.2) is 211 Å². The molecule has 0 saturated heterocycles. The Kier molecular flexibility index (Phi) is 11.7. The fourth-order valence-electron chi connectivity index (χ4n) is 13.4. The monoisotopic (exact) mass is 1120 g/mol. The highest BCUT2D eigenvalue weighted by molar-refractivity contribution is 6.91. The van der Waals surface area contributed by atoms with E-state index in [9.17, 15) is 0 Å². The van der Waals surface area contributed by atoms with E-state index in [-0.39, 0.29) is 0 Å². The summed E-state index contributed by atoms with van der Waals surface area (Å²) in [5, 5.41) is 13.0. The molecule has 14 rings (SSSR count). The topological polar surface area (TPSA) is 45.4 Å². The van der Waals surface area contributed by atoms with E-state index in [2.05, 4.69) is 264 Å². The predicted octanol–water partition coefficient (Wildman–Crippen LogP) is 17.3. The molecule has 1 spiro atoms. The molecule has 0 bridgehead atoms. The van der Waals surface area contributed by atoms with Crippen molar-refractivity contribution in [3.8, 4) is 22.3 Å². The first-order valence-electron chi connectivity index (χ1n) is 28.8. The van der Waals surface area contributed by atoms with Crippen LogP contribution in [0, 0.1) is 0 Å². The van der Waals surface area contributed by atoms with Crippen LogP contribution in [-0.4, -0.2) is 43.0 Å². The molecular weight excluding hydrogens is 1050 g/mol. The van der Waals surface area contributed by atoms with Gasteiger partial charge in [-0.2, -0.15) is 0 Å². The van der Waals surface area contributed by atoms with Crippen LogP contribution in [0.25, 0.3) is 65.7 Å². The second-order valence-electron chi connectivity index (χ2n) is 26.1. The largest absolute Gasteiger partial charge is 0.455 e. The number of furan rings is 1. The molecule has 0 amide bonds. The first kappa shape index (κ1) is 51.2. The second-order valence-corrected chi connectivity index (χ2v) is 44.3. The normalized spacial score (nSPS) is 13.6. The number of aromatic nitrogens is 2. The summed E-state index contributed by atoms with van der Waals surface area (Å²) in [6.07, 6.45) is 7.86. The maximum Gasteiger partial charge on any atom is 0.145 e. The maximum atomic E-state index is 7.55. The van der Waals surface area contributed by atoms with Crippen molar-refractivity contribution < 1.29 is 4.42 Å². The van der Waals surface area contributed by atoms with Crippen molar-refractivity contribution in [2.75, 3.05) is 9.80 Å². The zero-order chi connectivity index (χ0) is 55.9. The van der Waals surface area contributed by atoms with Gasteiger partial charge < -0.3 is 14.2 Å². The number of fused-ring (bicyclic) bond motifs is 18. The van der Waals surface area contributed by atoms with Gasteiger partial charge in [-0.25, -0.2) is 0 Å². The van der Waals surface area contributed by atoms with Crippen molar-refractivity contribution in [1.29, 1.82) is 0 Å². The number of anilines is 6. The van der Waals surface area contributed by atoms with Crippen molar-refractivity contribution in [1.82, 2.24) is 9.97 Å². The molecule has 3 heterocycles. The van der Waals surface area contributed by atoms with Crippen LogP contribution >= 0.6 is 0 Å². The van der Waals surface area contributed by atoms with E-state index in [1.54, 1.807) is 0 Å². The smallest absolute Gasteiger partial charge is 0.145 e. The minimum Gasteiger partial charge on any atom is -0.455 e. The van der Waals surface area contributed by atoms with Gasteiger partial charge in [0.25, 0.3) is 0 Å². The number of benzene rings is 9. The van der Waals surface area contributed by atoms with Crippen LogP contribution in [0.1, 0.15) is 22.3 Å². The first-order chi connectivity index (χ1) is 38.9. The van der Waals surface area contributed by atoms with Crippen LogP contribution in [0.3, 0.4) is 0 Å². The zero-order valence-corrected chi connectivity index (χ0v) is 52.6. The summed E-state index contributed by atoms with van der Waals surface area (Å²) in [5.74, 6) is 0. The summed E-state index contributed by atoms with van der Waals surface area (Å²) in [6, 6.07) is 69.9. The van der Waals surface area contributed by atoms with Crippen molar-refractivity contribution >= 4 is 131 Å². The number of rotatable bonds is 10. The Hall–Kier alpha value is -7.93. The van der Waals surface area contributed by atoms with Gasteiger partial charge in [-0.15, -0.1) is 0 Å². The Bertz CT molecular complexity index is 4410. The molecule has 0 aliphatic heterocycles. The average Bonchev–Trinajstić information content (AvgIpc) is 1.71. The minimum atomic E-state index is -1.85. The van der Waals surface area contributed by atoms with E-state index in [1.807, 2.05) is 24.8 Å². The van der Waals surface area contributed by atoms with E-state index in [0.29, 0.717) is 0 Å². The number of para-hydroxylation sites is 1. The van der Waals surface area contributed by atoms with E-state index >= 15 is 0 Å². The van der Waals surface area contributed by atoms with Gasteiger partial charge in [0.05, 0.1) is 73.3 Å². The predicted molar refractivity (Wildman–Crippen MR) is 357 cm³/mol. The third kappa shape index (κ3) is 8.02. The fourth-order valence-corrected chi connectivity index (χ4v) is 18.2. The van der Waals surface area contributed by atoms with Gasteiger partial charge in [-0.05, 0) is 133 Å². The Morgan fingerprint density at radius 1 is 0.420 bits per heavy atom. The van der Waals surface area contributed by atoms with Gasteiger partial charge in [-0.3, -0.25) is 9.97 Å². The van der Waals surface area contributed by atoms with Crippen LogP contribution in [0.2, 0.25) is 72.0 Å². The lowest BCUT2D eigenvalue weighted by Gasteiger charge is -2.34. The third-order valence-corrected chi connectivity index (χ3v) is 25.3. The molecule has 5 nitrogen and oxygen atoms in total. The van der Waals surface area contributed by atoms with Crippen LogP contribution in [0.4, 0.5) is 34.1 Å². The summed E-state index contributed by atoms with van der Waals surface area (Å²) in [7, 11) is -6.69. The van der Waals surface area contributed by atoms with Crippen molar-refractivity contribution in [2.45, 2.75) is 77.4 Å². The Balaban J connectivity index is 1.17. The first-order valence-corrected chi connectivity index (χ1v) is 42.2. The average molecular weight is 1120 g/mol. The van der Waals surface area contributed by atoms with E-state index in [4.69, 9.17) is 14.4 Å². The molecule has 3 aromatic heterocycles. The van der Waals surface area contributed by atoms with E-state index in [1.165, 1.54) is 86.9 Å². The molecule has 2 aliphatic carbocycles. The third-order valence-electron chi connectivity index (χ3n) is 17.6. The minimum absolute atomic E-state index is 0.803. The number of hydrogen-bond acceptors (Lipinski definition) is 5. The molecule has 9 heteroatoms. The lowest BCUT2D eigenvalue weighted by Crippen LogP contribution is -2.45. The molecule has 0 fully saturated rings. The molecule has 398 valence electrons. The molecule has 0 saturated carbocycles. The van der Waals surface area contributed by atoms with E-state index in [0.717, 1.165) is 55.9 Å². The molecule has 2 aliphatic rings. The summed E-state index contributed by atoms with van der Waals surface area (Å²) < 4.78 is 7.55. The molecule has 0 N–H and O–H groups in total. The lowest BCUT2D eigenvalue weighted by molar-refractivity contribution is 0.669. The Labute approximate surface area is 481 Å². The number of pyridine rings is 2. The molecular formula is C72H68N4OSi4. The summed E-state index contributed by atoms with van der Waals surface area (Å²) in [6.45, 7) is 27.2. The van der Waals surface area contributed by atoms with Gasteiger partial charge in [0.15, 0.2) is 0 Å². The Morgan fingerprint density at radius 3 is 1.51 bits per heavy atom. The molecule has 0 unspecified atom stereocenters. The van der Waals surface area contributed by atoms with Crippen LogP contribution in [0.5, 0.6) is 0 Å². The molecule has 12 aromatic rings. The summed E-state index contributed by atoms with van der Waals surface area (Å²) in [5.41, 5.74) is 17.4. The highest BCUT2D eigenvalue weighted by Crippen LogP contribution is 2.67. The highest BCUT2D eigenvalue weighted by atomic mass is 28.3. The van der Waals surface area contributed by atoms with Gasteiger partial charge in [0, 0.05) is 40.4 Å². The molecule has 0 radical (unpaired) electrons. The SMILES string of the molecule is C[SiH](C)c1cc(N(c2cccnc2)c2ccc3c(c2)C2(c4ccc5ccccc5c4-c4c2ccc2ccccc42)c2cc(N(c4cccnc4)c4cc([Si](C)(C)C)cc([Si](C)(C)C)c4)c4c(oc5ccccc54)c2-3)cc([Si](C)(C)C)c1. The number of hydrogen-bond donors (Lipinski definition) is 0. The quantitative estimate of drug-likeness (QED) is 0.128. The summed E-state index contributed by atoms with van der Waals surface area (Å²) >= 11 is 0. The van der Waals surface area contributed by atoms with Crippen LogP contribution < -0.4 is 30.5 Å². The maximum absolute atomic E-state index is 7.55. The molecule has 81 heavy (non-hydrogen) atoms. The van der Waals surface area contributed by atoms with E-state index < -0.39 is 38.4 Å². The molecule has 0 atom stereocenters. The zero-order valence-electron chi connectivity index (χ0n) is 48.4. The lowest BCUT2D eigenvalue weighted by atomic mass is 9.70. The van der Waals surface area contributed by atoms with Gasteiger partial charge in [0.2, 0.25) is 0 Å². The summed E-state index contributed by atoms with van der Waals surface area (Å²) in [4.78, 5) is 14.7. The molecule has 9 aromatic carbocycles. The van der Waals surface area contributed by atoms with Crippen LogP contribution in [-0.2, 0) is 5.41 Å². The number of nitrogens with zero attached hydrogens (tertiary/aromatic N) is 4. The Morgan fingerprint density at radius 2 is 0.951 bits per heavy atom. The van der Waals surface area contributed by atoms with Crippen molar-refractivity contribution in [3.05, 3.63) is 229 Å². The van der Waals surface area contributed by atoms with Gasteiger partial charge in [-0.1, -0.05) is 202 Å². The fraction of sp³-hybridized carbons (Fsp3) is 0.167. The van der Waals surface area contributed by atoms with Gasteiger partial charge in [0.1, 0.15) is 11.2 Å².